The molecule has 0 saturated heterocycles. The molecule has 1 rings (SSSR count). The topological polar surface area (TPSA) is 35.2 Å². The summed E-state index contributed by atoms with van der Waals surface area (Å²) in [5.41, 5.74) is 6.70. The minimum Gasteiger partial charge on any atom is -0.372 e. The third-order valence-corrected chi connectivity index (χ3v) is 2.70. The molecule has 1 aromatic rings. The van der Waals surface area contributed by atoms with Gasteiger partial charge in [0.05, 0.1) is 6.10 Å². The van der Waals surface area contributed by atoms with Crippen molar-refractivity contribution in [1.82, 2.24) is 0 Å². The van der Waals surface area contributed by atoms with Gasteiger partial charge >= 0.3 is 0 Å². The molecular formula is C14H22FNO. The molecule has 0 saturated carbocycles. The molecule has 0 aliphatic rings. The number of hydrogen-bond donors (Lipinski definition) is 1. The van der Waals surface area contributed by atoms with Gasteiger partial charge in [-0.1, -0.05) is 31.9 Å². The predicted molar refractivity (Wildman–Crippen MR) is 68.3 cm³/mol. The van der Waals surface area contributed by atoms with E-state index in [0.717, 1.165) is 24.8 Å². The van der Waals surface area contributed by atoms with Gasteiger partial charge in [-0.15, -0.1) is 0 Å². The summed E-state index contributed by atoms with van der Waals surface area (Å²) in [6, 6.07) is 6.33. The molecule has 0 aromatic heterocycles. The van der Waals surface area contributed by atoms with Crippen LogP contribution < -0.4 is 5.73 Å². The summed E-state index contributed by atoms with van der Waals surface area (Å²) in [6.45, 7) is 4.71. The highest BCUT2D eigenvalue weighted by Gasteiger charge is 2.16. The maximum atomic E-state index is 13.1. The van der Waals surface area contributed by atoms with Crippen molar-refractivity contribution in [3.63, 3.8) is 0 Å². The molecule has 2 unspecified atom stereocenters. The van der Waals surface area contributed by atoms with Gasteiger partial charge in [-0.25, -0.2) is 4.39 Å². The van der Waals surface area contributed by atoms with Gasteiger partial charge in [-0.05, 0) is 31.0 Å². The molecule has 0 fully saturated rings. The van der Waals surface area contributed by atoms with Crippen molar-refractivity contribution in [2.24, 2.45) is 5.73 Å². The van der Waals surface area contributed by atoms with Gasteiger partial charge < -0.3 is 10.5 Å². The minimum atomic E-state index is -0.245. The van der Waals surface area contributed by atoms with Gasteiger partial charge in [0.15, 0.2) is 0 Å². The monoisotopic (exact) mass is 239 g/mol. The van der Waals surface area contributed by atoms with Crippen LogP contribution in [0.2, 0.25) is 0 Å². The standard InChI is InChI=1S/C14H22FNO/c1-3-4-5-9-17-14(11(2)16)12-7-6-8-13(15)10-12/h6-8,10-11,14H,3-5,9,16H2,1-2H3. The molecule has 0 aliphatic carbocycles. The van der Waals surface area contributed by atoms with Crippen LogP contribution in [-0.4, -0.2) is 12.6 Å². The van der Waals surface area contributed by atoms with E-state index in [0.29, 0.717) is 6.61 Å². The van der Waals surface area contributed by atoms with Crippen molar-refractivity contribution in [3.05, 3.63) is 35.6 Å². The number of benzene rings is 1. The molecule has 3 heteroatoms. The number of hydrogen-bond acceptors (Lipinski definition) is 2. The Balaban J connectivity index is 2.59. The Hall–Kier alpha value is -0.930. The molecule has 96 valence electrons. The third kappa shape index (κ3) is 4.84. The molecule has 2 nitrogen and oxygen atoms in total. The largest absolute Gasteiger partial charge is 0.372 e. The molecule has 0 bridgehead atoms. The van der Waals surface area contributed by atoms with Crippen molar-refractivity contribution >= 4 is 0 Å². The third-order valence-electron chi connectivity index (χ3n) is 2.70. The Bertz CT molecular complexity index is 328. The fourth-order valence-electron chi connectivity index (χ4n) is 1.80. The highest BCUT2D eigenvalue weighted by atomic mass is 19.1. The quantitative estimate of drug-likeness (QED) is 0.740. The Kier molecular flexibility index (Phi) is 6.16. The summed E-state index contributed by atoms with van der Waals surface area (Å²) < 4.78 is 18.9. The SMILES string of the molecule is CCCCCOC(c1cccc(F)c1)C(C)N. The maximum absolute atomic E-state index is 13.1. The van der Waals surface area contributed by atoms with Crippen molar-refractivity contribution < 1.29 is 9.13 Å². The number of ether oxygens (including phenoxy) is 1. The lowest BCUT2D eigenvalue weighted by Gasteiger charge is -2.22. The highest BCUT2D eigenvalue weighted by molar-refractivity contribution is 5.20. The van der Waals surface area contributed by atoms with Gasteiger partial charge in [0.25, 0.3) is 0 Å². The smallest absolute Gasteiger partial charge is 0.123 e. The summed E-state index contributed by atoms with van der Waals surface area (Å²) in [6.07, 6.45) is 3.11. The Morgan fingerprint density at radius 3 is 2.71 bits per heavy atom. The van der Waals surface area contributed by atoms with E-state index < -0.39 is 0 Å². The van der Waals surface area contributed by atoms with E-state index in [2.05, 4.69) is 6.92 Å². The van der Waals surface area contributed by atoms with Crippen LogP contribution in [0.4, 0.5) is 4.39 Å². The molecule has 0 amide bonds. The van der Waals surface area contributed by atoms with Gasteiger partial charge in [0, 0.05) is 12.6 Å². The summed E-state index contributed by atoms with van der Waals surface area (Å²) in [4.78, 5) is 0. The molecule has 1 aromatic carbocycles. The van der Waals surface area contributed by atoms with Crippen LogP contribution in [0.5, 0.6) is 0 Å². The van der Waals surface area contributed by atoms with E-state index in [-0.39, 0.29) is 18.0 Å². The van der Waals surface area contributed by atoms with Gasteiger partial charge in [-0.3, -0.25) is 0 Å². The van der Waals surface area contributed by atoms with E-state index in [1.807, 2.05) is 13.0 Å². The van der Waals surface area contributed by atoms with Crippen LogP contribution >= 0.6 is 0 Å². The lowest BCUT2D eigenvalue weighted by molar-refractivity contribution is 0.0358. The first-order valence-corrected chi connectivity index (χ1v) is 6.27. The van der Waals surface area contributed by atoms with Crippen LogP contribution in [0.1, 0.15) is 44.8 Å². The van der Waals surface area contributed by atoms with E-state index in [9.17, 15) is 4.39 Å². The normalized spacial score (nSPS) is 14.6. The lowest BCUT2D eigenvalue weighted by atomic mass is 10.0. The number of nitrogens with two attached hydrogens (primary N) is 1. The summed E-state index contributed by atoms with van der Waals surface area (Å²) in [7, 11) is 0. The molecule has 0 spiro atoms. The molecular weight excluding hydrogens is 217 g/mol. The van der Waals surface area contributed by atoms with Crippen molar-refractivity contribution in [2.75, 3.05) is 6.61 Å². The molecule has 2 atom stereocenters. The number of unbranched alkanes of at least 4 members (excludes halogenated alkanes) is 2. The van der Waals surface area contributed by atoms with Crippen molar-refractivity contribution in [1.29, 1.82) is 0 Å². The Morgan fingerprint density at radius 2 is 2.12 bits per heavy atom. The molecule has 17 heavy (non-hydrogen) atoms. The first-order valence-electron chi connectivity index (χ1n) is 6.27. The average molecular weight is 239 g/mol. The van der Waals surface area contributed by atoms with Crippen molar-refractivity contribution in [2.45, 2.75) is 45.3 Å². The van der Waals surface area contributed by atoms with E-state index in [1.165, 1.54) is 12.1 Å². The predicted octanol–water partition coefficient (Wildman–Crippen LogP) is 3.42. The van der Waals surface area contributed by atoms with E-state index in [4.69, 9.17) is 10.5 Å². The first kappa shape index (κ1) is 14.1. The van der Waals surface area contributed by atoms with Gasteiger partial charge in [-0.2, -0.15) is 0 Å². The summed E-state index contributed by atoms with van der Waals surface area (Å²) in [5.74, 6) is -0.245. The Labute approximate surface area is 103 Å². The second kappa shape index (κ2) is 7.41. The minimum absolute atomic E-state index is 0.140. The van der Waals surface area contributed by atoms with Crippen LogP contribution in [-0.2, 0) is 4.74 Å². The molecule has 0 radical (unpaired) electrons. The number of rotatable bonds is 7. The maximum Gasteiger partial charge on any atom is 0.123 e. The summed E-state index contributed by atoms with van der Waals surface area (Å²) >= 11 is 0. The van der Waals surface area contributed by atoms with E-state index in [1.54, 1.807) is 6.07 Å². The zero-order chi connectivity index (χ0) is 12.7. The first-order chi connectivity index (χ1) is 8.15. The van der Waals surface area contributed by atoms with Crippen LogP contribution in [0.15, 0.2) is 24.3 Å². The zero-order valence-electron chi connectivity index (χ0n) is 10.7. The molecule has 0 heterocycles. The van der Waals surface area contributed by atoms with Gasteiger partial charge in [0.2, 0.25) is 0 Å². The molecule has 2 N–H and O–H groups in total. The van der Waals surface area contributed by atoms with Gasteiger partial charge in [0.1, 0.15) is 5.82 Å². The summed E-state index contributed by atoms with van der Waals surface area (Å²) in [5, 5.41) is 0. The Morgan fingerprint density at radius 1 is 1.35 bits per heavy atom. The molecule has 0 aliphatic heterocycles. The van der Waals surface area contributed by atoms with Crippen LogP contribution in [0.25, 0.3) is 0 Å². The van der Waals surface area contributed by atoms with Crippen LogP contribution in [0, 0.1) is 5.82 Å². The second-order valence-electron chi connectivity index (χ2n) is 4.41. The average Bonchev–Trinajstić information content (AvgIpc) is 2.28. The van der Waals surface area contributed by atoms with Crippen molar-refractivity contribution in [3.8, 4) is 0 Å². The number of halogens is 1. The lowest BCUT2D eigenvalue weighted by Crippen LogP contribution is -2.27. The van der Waals surface area contributed by atoms with Crippen LogP contribution in [0.3, 0.4) is 0 Å². The van der Waals surface area contributed by atoms with E-state index >= 15 is 0 Å². The second-order valence-corrected chi connectivity index (χ2v) is 4.41. The zero-order valence-corrected chi connectivity index (χ0v) is 10.7. The fourth-order valence-corrected chi connectivity index (χ4v) is 1.80. The fraction of sp³-hybridized carbons (Fsp3) is 0.571. The highest BCUT2D eigenvalue weighted by Crippen LogP contribution is 2.21.